The van der Waals surface area contributed by atoms with Gasteiger partial charge in [-0.1, -0.05) is 12.2 Å². The summed E-state index contributed by atoms with van der Waals surface area (Å²) in [7, 11) is 0. The van der Waals surface area contributed by atoms with Gasteiger partial charge in [0.1, 0.15) is 11.6 Å². The van der Waals surface area contributed by atoms with Gasteiger partial charge in [0.05, 0.1) is 6.61 Å². The predicted octanol–water partition coefficient (Wildman–Crippen LogP) is 4.05. The van der Waals surface area contributed by atoms with Crippen molar-refractivity contribution in [1.82, 2.24) is 4.90 Å². The monoisotopic (exact) mass is 355 g/mol. The summed E-state index contributed by atoms with van der Waals surface area (Å²) in [6.45, 7) is 2.27. The molecule has 0 unspecified atom stereocenters. The molecule has 138 valence electrons. The number of halogens is 1. The van der Waals surface area contributed by atoms with Crippen molar-refractivity contribution in [3.8, 4) is 5.75 Å². The van der Waals surface area contributed by atoms with Gasteiger partial charge in [-0.05, 0) is 73.6 Å². The Morgan fingerprint density at radius 1 is 1.23 bits per heavy atom. The first-order valence-corrected chi connectivity index (χ1v) is 10.0. The summed E-state index contributed by atoms with van der Waals surface area (Å²) in [5.74, 6) is 2.55. The van der Waals surface area contributed by atoms with Gasteiger partial charge in [-0.15, -0.1) is 0 Å². The summed E-state index contributed by atoms with van der Waals surface area (Å²) < 4.78 is 18.8. The minimum atomic E-state index is -0.250. The van der Waals surface area contributed by atoms with E-state index < -0.39 is 0 Å². The number of ether oxygens (including phenoxy) is 1. The molecular formula is C22H26FNO2. The molecule has 3 nitrogen and oxygen atoms in total. The highest BCUT2D eigenvalue weighted by atomic mass is 19.1. The van der Waals surface area contributed by atoms with E-state index >= 15 is 0 Å². The molecule has 1 spiro atoms. The smallest absolute Gasteiger partial charge is 0.226 e. The van der Waals surface area contributed by atoms with Crippen molar-refractivity contribution in [1.29, 1.82) is 0 Å². The number of carbonyl (C=O) groups is 1. The van der Waals surface area contributed by atoms with Crippen LogP contribution in [-0.2, 0) is 4.79 Å². The lowest BCUT2D eigenvalue weighted by Gasteiger charge is -2.35. The lowest BCUT2D eigenvalue weighted by molar-refractivity contribution is -0.138. The van der Waals surface area contributed by atoms with Crippen molar-refractivity contribution in [2.45, 2.75) is 32.1 Å². The fourth-order valence-electron chi connectivity index (χ4n) is 5.64. The maximum Gasteiger partial charge on any atom is 0.226 e. The van der Waals surface area contributed by atoms with Crippen LogP contribution in [0.2, 0.25) is 0 Å². The van der Waals surface area contributed by atoms with Gasteiger partial charge in [0.25, 0.3) is 0 Å². The number of amides is 1. The van der Waals surface area contributed by atoms with Crippen molar-refractivity contribution in [3.05, 3.63) is 42.2 Å². The third kappa shape index (κ3) is 2.65. The molecule has 1 aliphatic heterocycles. The highest BCUT2D eigenvalue weighted by Gasteiger charge is 2.64. The first-order chi connectivity index (χ1) is 12.7. The fraction of sp³-hybridized carbons (Fsp3) is 0.591. The van der Waals surface area contributed by atoms with E-state index in [9.17, 15) is 9.18 Å². The summed E-state index contributed by atoms with van der Waals surface area (Å²) in [4.78, 5) is 15.3. The SMILES string of the molecule is O=C([C@H]1C[C@H]2C=C[C@H]1C21CC1)N1CCC[C@H](COc2ccc(F)cc2)C1. The third-order valence-electron chi connectivity index (χ3n) is 7.17. The van der Waals surface area contributed by atoms with Crippen LogP contribution in [0.25, 0.3) is 0 Å². The van der Waals surface area contributed by atoms with Gasteiger partial charge in [0.15, 0.2) is 0 Å². The largest absolute Gasteiger partial charge is 0.493 e. The van der Waals surface area contributed by atoms with Gasteiger partial charge in [0.2, 0.25) is 5.91 Å². The van der Waals surface area contributed by atoms with Crippen molar-refractivity contribution in [2.75, 3.05) is 19.7 Å². The Hall–Kier alpha value is -1.84. The average molecular weight is 355 g/mol. The van der Waals surface area contributed by atoms with Gasteiger partial charge >= 0.3 is 0 Å². The Bertz CT molecular complexity index is 724. The van der Waals surface area contributed by atoms with E-state index in [0.29, 0.717) is 41.4 Å². The van der Waals surface area contributed by atoms with Crippen LogP contribution in [0.3, 0.4) is 0 Å². The molecule has 4 atom stereocenters. The lowest BCUT2D eigenvalue weighted by atomic mass is 9.87. The standard InChI is InChI=1S/C22H26FNO2/c23-17-4-6-18(7-5-17)26-14-15-2-1-11-24(13-15)21(25)19-12-16-3-8-20(19)22(16)9-10-22/h3-8,15-16,19-20H,1-2,9-14H2/t15-,16+,19-,20+/m0/s1. The molecular weight excluding hydrogens is 329 g/mol. The van der Waals surface area contributed by atoms with Gasteiger partial charge in [-0.3, -0.25) is 4.79 Å². The summed E-state index contributed by atoms with van der Waals surface area (Å²) in [5, 5.41) is 0. The van der Waals surface area contributed by atoms with E-state index in [-0.39, 0.29) is 11.7 Å². The highest BCUT2D eigenvalue weighted by molar-refractivity contribution is 5.80. The average Bonchev–Trinajstić information content (AvgIpc) is 3.34. The number of hydrogen-bond acceptors (Lipinski definition) is 2. The van der Waals surface area contributed by atoms with Crippen LogP contribution in [0.4, 0.5) is 4.39 Å². The number of benzene rings is 1. The van der Waals surface area contributed by atoms with Gasteiger partial charge in [0, 0.05) is 24.9 Å². The van der Waals surface area contributed by atoms with Gasteiger partial charge in [-0.2, -0.15) is 0 Å². The maximum atomic E-state index is 13.2. The second-order valence-electron chi connectivity index (χ2n) is 8.65. The molecule has 0 aromatic heterocycles. The molecule has 3 aliphatic carbocycles. The molecule has 2 bridgehead atoms. The number of nitrogens with zero attached hydrogens (tertiary/aromatic N) is 1. The second kappa shape index (κ2) is 6.11. The van der Waals surface area contributed by atoms with E-state index in [1.165, 1.54) is 25.0 Å². The number of allylic oxidation sites excluding steroid dienone is 2. The van der Waals surface area contributed by atoms with Crippen molar-refractivity contribution < 1.29 is 13.9 Å². The molecule has 1 heterocycles. The number of carbonyl (C=O) groups excluding carboxylic acids is 1. The maximum absolute atomic E-state index is 13.2. The number of piperidine rings is 1. The first-order valence-electron chi connectivity index (χ1n) is 10.0. The number of rotatable bonds is 4. The van der Waals surface area contributed by atoms with E-state index in [0.717, 1.165) is 32.4 Å². The zero-order chi connectivity index (χ0) is 17.7. The molecule has 1 saturated heterocycles. The van der Waals surface area contributed by atoms with Crippen LogP contribution < -0.4 is 4.74 Å². The zero-order valence-corrected chi connectivity index (χ0v) is 15.1. The van der Waals surface area contributed by atoms with Crippen molar-refractivity contribution >= 4 is 5.91 Å². The minimum Gasteiger partial charge on any atom is -0.493 e. The zero-order valence-electron chi connectivity index (χ0n) is 15.1. The van der Waals surface area contributed by atoms with E-state index in [2.05, 4.69) is 17.1 Å². The molecule has 1 aromatic carbocycles. The van der Waals surface area contributed by atoms with Crippen molar-refractivity contribution in [2.24, 2.45) is 29.1 Å². The molecule has 3 fully saturated rings. The first kappa shape index (κ1) is 16.3. The Labute approximate surface area is 154 Å². The Morgan fingerprint density at radius 2 is 2.04 bits per heavy atom. The molecule has 4 heteroatoms. The van der Waals surface area contributed by atoms with Crippen LogP contribution in [-0.4, -0.2) is 30.5 Å². The van der Waals surface area contributed by atoms with E-state index in [1.54, 1.807) is 12.1 Å². The van der Waals surface area contributed by atoms with E-state index in [4.69, 9.17) is 4.74 Å². The van der Waals surface area contributed by atoms with Crippen LogP contribution in [0, 0.1) is 34.9 Å². The van der Waals surface area contributed by atoms with Gasteiger partial charge in [-0.25, -0.2) is 4.39 Å². The summed E-state index contributed by atoms with van der Waals surface area (Å²) >= 11 is 0. The molecule has 26 heavy (non-hydrogen) atoms. The van der Waals surface area contributed by atoms with Crippen LogP contribution in [0.5, 0.6) is 5.75 Å². The highest BCUT2D eigenvalue weighted by Crippen LogP contribution is 2.70. The molecule has 0 radical (unpaired) electrons. The molecule has 1 aromatic rings. The van der Waals surface area contributed by atoms with Crippen molar-refractivity contribution in [3.63, 3.8) is 0 Å². The molecule has 4 aliphatic rings. The summed E-state index contributed by atoms with van der Waals surface area (Å²) in [5.41, 5.74) is 0.473. The Kier molecular flexibility index (Phi) is 3.84. The second-order valence-corrected chi connectivity index (χ2v) is 8.65. The van der Waals surface area contributed by atoms with Crippen LogP contribution >= 0.6 is 0 Å². The predicted molar refractivity (Wildman–Crippen MR) is 97.1 cm³/mol. The molecule has 1 amide bonds. The molecule has 2 saturated carbocycles. The Morgan fingerprint density at radius 3 is 2.77 bits per heavy atom. The van der Waals surface area contributed by atoms with Crippen LogP contribution in [0.15, 0.2) is 36.4 Å². The van der Waals surface area contributed by atoms with Gasteiger partial charge < -0.3 is 9.64 Å². The quantitative estimate of drug-likeness (QED) is 0.763. The fourth-order valence-corrected chi connectivity index (χ4v) is 5.64. The lowest BCUT2D eigenvalue weighted by Crippen LogP contribution is -2.45. The third-order valence-corrected chi connectivity index (χ3v) is 7.17. The summed E-state index contributed by atoms with van der Waals surface area (Å²) in [6, 6.07) is 6.17. The molecule has 5 rings (SSSR count). The number of hydrogen-bond donors (Lipinski definition) is 0. The Balaban J connectivity index is 1.19. The number of likely N-dealkylation sites (tertiary alicyclic amines) is 1. The van der Waals surface area contributed by atoms with E-state index in [1.807, 2.05) is 0 Å². The van der Waals surface area contributed by atoms with Crippen LogP contribution in [0.1, 0.15) is 32.1 Å². The molecule has 0 N–H and O–H groups in total. The topological polar surface area (TPSA) is 29.5 Å². The summed E-state index contributed by atoms with van der Waals surface area (Å²) in [6.07, 6.45) is 10.5. The normalized spacial score (nSPS) is 33.7. The minimum absolute atomic E-state index is 0.212.